The molecule has 106 valence electrons. The summed E-state index contributed by atoms with van der Waals surface area (Å²) in [7, 11) is 1.71. The van der Waals surface area contributed by atoms with Crippen LogP contribution < -0.4 is 10.5 Å². The SMILES string of the molecule is COc1ccccc1C(CN)N1CC(C)OC(C)C1. The van der Waals surface area contributed by atoms with E-state index < -0.39 is 0 Å². The van der Waals surface area contributed by atoms with Gasteiger partial charge in [-0.25, -0.2) is 0 Å². The summed E-state index contributed by atoms with van der Waals surface area (Å²) in [5.74, 6) is 0.907. The van der Waals surface area contributed by atoms with Gasteiger partial charge in [-0.3, -0.25) is 4.90 Å². The first-order chi connectivity index (χ1) is 9.15. The fourth-order valence-electron chi connectivity index (χ4n) is 2.89. The third-order valence-electron chi connectivity index (χ3n) is 3.61. The summed E-state index contributed by atoms with van der Waals surface area (Å²) in [6, 6.07) is 8.30. The zero-order valence-electron chi connectivity index (χ0n) is 12.0. The highest BCUT2D eigenvalue weighted by atomic mass is 16.5. The number of hydrogen-bond acceptors (Lipinski definition) is 4. The number of methoxy groups -OCH3 is 1. The molecule has 0 aliphatic carbocycles. The van der Waals surface area contributed by atoms with E-state index >= 15 is 0 Å². The Morgan fingerprint density at radius 1 is 1.32 bits per heavy atom. The van der Waals surface area contributed by atoms with E-state index in [1.807, 2.05) is 18.2 Å². The van der Waals surface area contributed by atoms with Gasteiger partial charge in [0.05, 0.1) is 25.4 Å². The molecule has 1 aliphatic rings. The van der Waals surface area contributed by atoms with Crippen LogP contribution >= 0.6 is 0 Å². The summed E-state index contributed by atoms with van der Waals surface area (Å²) in [5.41, 5.74) is 7.17. The second-order valence-electron chi connectivity index (χ2n) is 5.20. The first-order valence-corrected chi connectivity index (χ1v) is 6.88. The fourth-order valence-corrected chi connectivity index (χ4v) is 2.89. The zero-order valence-corrected chi connectivity index (χ0v) is 12.0. The van der Waals surface area contributed by atoms with Gasteiger partial charge in [0.25, 0.3) is 0 Å². The van der Waals surface area contributed by atoms with Crippen LogP contribution in [0, 0.1) is 0 Å². The average Bonchev–Trinajstić information content (AvgIpc) is 2.39. The molecule has 1 heterocycles. The number of ether oxygens (including phenoxy) is 2. The minimum atomic E-state index is 0.185. The number of hydrogen-bond donors (Lipinski definition) is 1. The van der Waals surface area contributed by atoms with Crippen LogP contribution in [0.2, 0.25) is 0 Å². The van der Waals surface area contributed by atoms with Crippen molar-refractivity contribution in [3.05, 3.63) is 29.8 Å². The van der Waals surface area contributed by atoms with Crippen LogP contribution in [-0.4, -0.2) is 43.9 Å². The molecule has 1 saturated heterocycles. The summed E-state index contributed by atoms with van der Waals surface area (Å²) in [5, 5.41) is 0. The van der Waals surface area contributed by atoms with Crippen LogP contribution in [0.25, 0.3) is 0 Å². The highest BCUT2D eigenvalue weighted by Crippen LogP contribution is 2.30. The second kappa shape index (κ2) is 6.37. The molecule has 3 unspecified atom stereocenters. The van der Waals surface area contributed by atoms with E-state index in [1.54, 1.807) is 7.11 Å². The highest BCUT2D eigenvalue weighted by molar-refractivity contribution is 5.36. The van der Waals surface area contributed by atoms with E-state index in [0.717, 1.165) is 24.4 Å². The van der Waals surface area contributed by atoms with Crippen molar-refractivity contribution in [1.29, 1.82) is 0 Å². The Labute approximate surface area is 115 Å². The number of rotatable bonds is 4. The summed E-state index contributed by atoms with van der Waals surface area (Å²) < 4.78 is 11.2. The molecule has 3 atom stereocenters. The molecule has 2 N–H and O–H groups in total. The van der Waals surface area contributed by atoms with Crippen LogP contribution in [0.5, 0.6) is 5.75 Å². The highest BCUT2D eigenvalue weighted by Gasteiger charge is 2.29. The first kappa shape index (κ1) is 14.3. The monoisotopic (exact) mass is 264 g/mol. The molecule has 0 amide bonds. The molecule has 1 aliphatic heterocycles. The Balaban J connectivity index is 2.23. The van der Waals surface area contributed by atoms with Gasteiger partial charge < -0.3 is 15.2 Å². The quantitative estimate of drug-likeness (QED) is 0.901. The largest absolute Gasteiger partial charge is 0.496 e. The van der Waals surface area contributed by atoms with Gasteiger partial charge in [-0.1, -0.05) is 18.2 Å². The average molecular weight is 264 g/mol. The summed E-state index contributed by atoms with van der Waals surface area (Å²) >= 11 is 0. The van der Waals surface area contributed by atoms with E-state index in [9.17, 15) is 0 Å². The Morgan fingerprint density at radius 2 is 1.95 bits per heavy atom. The molecule has 1 aromatic carbocycles. The van der Waals surface area contributed by atoms with Crippen LogP contribution in [0.3, 0.4) is 0 Å². The number of benzene rings is 1. The first-order valence-electron chi connectivity index (χ1n) is 6.88. The standard InChI is InChI=1S/C15H24N2O2/c1-11-9-17(10-12(2)19-11)14(8-16)13-6-4-5-7-15(13)18-3/h4-7,11-12,14H,8-10,16H2,1-3H3. The van der Waals surface area contributed by atoms with Crippen molar-refractivity contribution < 1.29 is 9.47 Å². The normalized spacial score (nSPS) is 26.1. The predicted molar refractivity (Wildman–Crippen MR) is 76.4 cm³/mol. The zero-order chi connectivity index (χ0) is 13.8. The lowest BCUT2D eigenvalue weighted by Gasteiger charge is -2.40. The van der Waals surface area contributed by atoms with Crippen molar-refractivity contribution in [1.82, 2.24) is 4.90 Å². The molecule has 4 nitrogen and oxygen atoms in total. The predicted octanol–water partition coefficient (Wildman–Crippen LogP) is 1.80. The van der Waals surface area contributed by atoms with Crippen molar-refractivity contribution >= 4 is 0 Å². The van der Waals surface area contributed by atoms with Crippen LogP contribution in [0.15, 0.2) is 24.3 Å². The minimum absolute atomic E-state index is 0.185. The molecule has 0 spiro atoms. The number of morpholine rings is 1. The Hall–Kier alpha value is -1.10. The third-order valence-corrected chi connectivity index (χ3v) is 3.61. The molecule has 4 heteroatoms. The maximum absolute atomic E-state index is 6.01. The molecular formula is C15H24N2O2. The molecule has 0 bridgehead atoms. The molecule has 1 aromatic rings. The van der Waals surface area contributed by atoms with Crippen LogP contribution in [-0.2, 0) is 4.74 Å². The van der Waals surface area contributed by atoms with Crippen molar-refractivity contribution in [3.63, 3.8) is 0 Å². The Morgan fingerprint density at radius 3 is 2.53 bits per heavy atom. The molecule has 2 rings (SSSR count). The molecular weight excluding hydrogens is 240 g/mol. The smallest absolute Gasteiger partial charge is 0.123 e. The third kappa shape index (κ3) is 3.26. The lowest BCUT2D eigenvalue weighted by Crippen LogP contribution is -2.48. The van der Waals surface area contributed by atoms with Gasteiger partial charge in [0, 0.05) is 25.2 Å². The number of nitrogens with two attached hydrogens (primary N) is 1. The van der Waals surface area contributed by atoms with Gasteiger partial charge in [-0.05, 0) is 19.9 Å². The molecule has 0 aromatic heterocycles. The van der Waals surface area contributed by atoms with Crippen molar-refractivity contribution in [2.75, 3.05) is 26.7 Å². The second-order valence-corrected chi connectivity index (χ2v) is 5.20. The maximum atomic E-state index is 6.01. The van der Waals surface area contributed by atoms with Gasteiger partial charge >= 0.3 is 0 Å². The lowest BCUT2D eigenvalue weighted by molar-refractivity contribution is -0.0801. The molecule has 0 radical (unpaired) electrons. The summed E-state index contributed by atoms with van der Waals surface area (Å²) in [6.07, 6.45) is 0.486. The van der Waals surface area contributed by atoms with E-state index in [4.69, 9.17) is 15.2 Å². The summed E-state index contributed by atoms with van der Waals surface area (Å²) in [4.78, 5) is 2.40. The Kier molecular flexibility index (Phi) is 4.80. The van der Waals surface area contributed by atoms with Crippen molar-refractivity contribution in [3.8, 4) is 5.75 Å². The molecule has 19 heavy (non-hydrogen) atoms. The number of para-hydroxylation sites is 1. The van der Waals surface area contributed by atoms with Gasteiger partial charge in [0.2, 0.25) is 0 Å². The van der Waals surface area contributed by atoms with Gasteiger partial charge in [0.1, 0.15) is 5.75 Å². The van der Waals surface area contributed by atoms with Gasteiger partial charge in [-0.2, -0.15) is 0 Å². The summed E-state index contributed by atoms with van der Waals surface area (Å²) in [6.45, 7) is 6.62. The molecule has 0 saturated carbocycles. The van der Waals surface area contributed by atoms with E-state index in [1.165, 1.54) is 0 Å². The molecule has 1 fully saturated rings. The minimum Gasteiger partial charge on any atom is -0.496 e. The van der Waals surface area contributed by atoms with E-state index in [0.29, 0.717) is 6.54 Å². The number of nitrogens with zero attached hydrogens (tertiary/aromatic N) is 1. The van der Waals surface area contributed by atoms with Crippen molar-refractivity contribution in [2.24, 2.45) is 5.73 Å². The lowest BCUT2D eigenvalue weighted by atomic mass is 10.0. The Bertz CT molecular complexity index is 401. The van der Waals surface area contributed by atoms with Crippen LogP contribution in [0.1, 0.15) is 25.5 Å². The fraction of sp³-hybridized carbons (Fsp3) is 0.600. The van der Waals surface area contributed by atoms with Crippen molar-refractivity contribution in [2.45, 2.75) is 32.1 Å². The van der Waals surface area contributed by atoms with Crippen LogP contribution in [0.4, 0.5) is 0 Å². The van der Waals surface area contributed by atoms with E-state index in [-0.39, 0.29) is 18.2 Å². The topological polar surface area (TPSA) is 47.7 Å². The van der Waals surface area contributed by atoms with Gasteiger partial charge in [-0.15, -0.1) is 0 Å². The maximum Gasteiger partial charge on any atom is 0.123 e. The van der Waals surface area contributed by atoms with Gasteiger partial charge in [0.15, 0.2) is 0 Å². The van der Waals surface area contributed by atoms with E-state index in [2.05, 4.69) is 24.8 Å².